The lowest BCUT2D eigenvalue weighted by Gasteiger charge is -2.09. The van der Waals surface area contributed by atoms with E-state index >= 15 is 0 Å². The minimum atomic E-state index is -0.413. The third kappa shape index (κ3) is 4.11. The van der Waals surface area contributed by atoms with Crippen LogP contribution >= 0.6 is 11.6 Å². The Morgan fingerprint density at radius 2 is 2.04 bits per heavy atom. The van der Waals surface area contributed by atoms with Crippen molar-refractivity contribution < 1.29 is 14.3 Å². The Hall–Kier alpha value is -2.86. The Bertz CT molecular complexity index is 997. The standard InChI is InChI=1S/C20H20ClN3O3/c1-3-10-27-20(26)13-6-5-7-15(11-13)22-19(25)18-16(4-2)23-17-9-8-14(21)12-24(17)18/h5-9,11-12H,3-4,10H2,1-2H3,(H,22,25). The van der Waals surface area contributed by atoms with E-state index in [1.807, 2.05) is 13.8 Å². The monoisotopic (exact) mass is 385 g/mol. The molecule has 6 nitrogen and oxygen atoms in total. The average molecular weight is 386 g/mol. The fourth-order valence-electron chi connectivity index (χ4n) is 2.75. The van der Waals surface area contributed by atoms with Crippen LogP contribution in [0, 0.1) is 0 Å². The van der Waals surface area contributed by atoms with Crippen molar-refractivity contribution in [1.82, 2.24) is 9.38 Å². The fourth-order valence-corrected chi connectivity index (χ4v) is 2.91. The molecule has 3 aromatic rings. The number of hydrogen-bond acceptors (Lipinski definition) is 4. The molecule has 27 heavy (non-hydrogen) atoms. The molecule has 0 unspecified atom stereocenters. The molecule has 0 spiro atoms. The highest BCUT2D eigenvalue weighted by atomic mass is 35.5. The lowest BCUT2D eigenvalue weighted by Crippen LogP contribution is -2.16. The maximum absolute atomic E-state index is 12.9. The number of imidazole rings is 1. The Kier molecular flexibility index (Phi) is 5.76. The van der Waals surface area contributed by atoms with Crippen LogP contribution in [0.1, 0.15) is 46.8 Å². The van der Waals surface area contributed by atoms with Gasteiger partial charge in [-0.2, -0.15) is 0 Å². The number of rotatable bonds is 6. The number of pyridine rings is 1. The zero-order chi connectivity index (χ0) is 19.4. The summed E-state index contributed by atoms with van der Waals surface area (Å²) in [6, 6.07) is 10.2. The van der Waals surface area contributed by atoms with E-state index in [2.05, 4.69) is 10.3 Å². The van der Waals surface area contributed by atoms with Gasteiger partial charge in [0.2, 0.25) is 0 Å². The predicted molar refractivity (Wildman–Crippen MR) is 105 cm³/mol. The molecular formula is C20H20ClN3O3. The first-order valence-corrected chi connectivity index (χ1v) is 9.16. The van der Waals surface area contributed by atoms with E-state index in [1.165, 1.54) is 0 Å². The van der Waals surface area contributed by atoms with Crippen LogP contribution < -0.4 is 5.32 Å². The highest BCUT2D eigenvalue weighted by Crippen LogP contribution is 2.19. The number of anilines is 1. The summed E-state index contributed by atoms with van der Waals surface area (Å²) >= 11 is 6.07. The van der Waals surface area contributed by atoms with Gasteiger partial charge in [-0.25, -0.2) is 9.78 Å². The van der Waals surface area contributed by atoms with Crippen LogP contribution in [0.2, 0.25) is 5.02 Å². The molecule has 0 aliphatic carbocycles. The van der Waals surface area contributed by atoms with E-state index in [1.54, 1.807) is 47.0 Å². The van der Waals surface area contributed by atoms with Crippen LogP contribution in [0.5, 0.6) is 0 Å². The minimum Gasteiger partial charge on any atom is -0.462 e. The minimum absolute atomic E-state index is 0.319. The van der Waals surface area contributed by atoms with Crippen LogP contribution in [0.3, 0.4) is 0 Å². The van der Waals surface area contributed by atoms with Gasteiger partial charge < -0.3 is 10.1 Å². The van der Waals surface area contributed by atoms with Crippen LogP contribution in [-0.2, 0) is 11.2 Å². The van der Waals surface area contributed by atoms with Crippen LogP contribution in [0.4, 0.5) is 5.69 Å². The van der Waals surface area contributed by atoms with Gasteiger partial charge in [0.05, 0.1) is 22.9 Å². The quantitative estimate of drug-likeness (QED) is 0.639. The summed E-state index contributed by atoms with van der Waals surface area (Å²) in [5, 5.41) is 3.34. The molecule has 0 bridgehead atoms. The number of carbonyl (C=O) groups excluding carboxylic acids is 2. The summed E-state index contributed by atoms with van der Waals surface area (Å²) in [6.07, 6.45) is 3.01. The largest absolute Gasteiger partial charge is 0.462 e. The molecule has 1 N–H and O–H groups in total. The van der Waals surface area contributed by atoms with Crippen molar-refractivity contribution in [2.75, 3.05) is 11.9 Å². The predicted octanol–water partition coefficient (Wildman–Crippen LogP) is 4.37. The van der Waals surface area contributed by atoms with E-state index < -0.39 is 5.97 Å². The first-order valence-electron chi connectivity index (χ1n) is 8.78. The highest BCUT2D eigenvalue weighted by molar-refractivity contribution is 6.30. The summed E-state index contributed by atoms with van der Waals surface area (Å²) in [5.41, 5.74) is 2.64. The number of ether oxygens (including phenoxy) is 1. The van der Waals surface area contributed by atoms with Gasteiger partial charge in [-0.3, -0.25) is 9.20 Å². The molecular weight excluding hydrogens is 366 g/mol. The van der Waals surface area contributed by atoms with E-state index in [-0.39, 0.29) is 5.91 Å². The molecule has 140 valence electrons. The van der Waals surface area contributed by atoms with Crippen molar-refractivity contribution in [3.8, 4) is 0 Å². The summed E-state index contributed by atoms with van der Waals surface area (Å²) in [7, 11) is 0. The molecule has 0 aliphatic heterocycles. The van der Waals surface area contributed by atoms with Crippen molar-refractivity contribution in [1.29, 1.82) is 0 Å². The van der Waals surface area contributed by atoms with Crippen LogP contribution in [0.15, 0.2) is 42.6 Å². The van der Waals surface area contributed by atoms with Crippen molar-refractivity contribution >= 4 is 34.8 Å². The van der Waals surface area contributed by atoms with Crippen LogP contribution in [-0.4, -0.2) is 27.9 Å². The topological polar surface area (TPSA) is 72.7 Å². The Morgan fingerprint density at radius 1 is 1.22 bits per heavy atom. The van der Waals surface area contributed by atoms with E-state index in [9.17, 15) is 9.59 Å². The number of carbonyl (C=O) groups is 2. The highest BCUT2D eigenvalue weighted by Gasteiger charge is 2.19. The van der Waals surface area contributed by atoms with Crippen molar-refractivity contribution in [3.63, 3.8) is 0 Å². The van der Waals surface area contributed by atoms with Gasteiger partial charge in [-0.05, 0) is 43.2 Å². The van der Waals surface area contributed by atoms with Gasteiger partial charge in [0, 0.05) is 11.9 Å². The lowest BCUT2D eigenvalue weighted by molar-refractivity contribution is 0.0505. The zero-order valence-corrected chi connectivity index (χ0v) is 15.9. The summed E-state index contributed by atoms with van der Waals surface area (Å²) in [6.45, 7) is 4.22. The van der Waals surface area contributed by atoms with Gasteiger partial charge in [0.1, 0.15) is 11.3 Å². The first-order chi connectivity index (χ1) is 13.0. The number of aromatic nitrogens is 2. The number of aryl methyl sites for hydroxylation is 1. The molecule has 2 aromatic heterocycles. The number of fused-ring (bicyclic) bond motifs is 1. The summed E-state index contributed by atoms with van der Waals surface area (Å²) < 4.78 is 6.81. The zero-order valence-electron chi connectivity index (χ0n) is 15.2. The molecule has 0 radical (unpaired) electrons. The summed E-state index contributed by atoms with van der Waals surface area (Å²) in [4.78, 5) is 29.4. The number of nitrogens with zero attached hydrogens (tertiary/aromatic N) is 2. The van der Waals surface area contributed by atoms with Gasteiger partial charge >= 0.3 is 5.97 Å². The molecule has 0 atom stereocenters. The molecule has 7 heteroatoms. The molecule has 0 aliphatic rings. The molecule has 0 saturated heterocycles. The van der Waals surface area contributed by atoms with Crippen molar-refractivity contribution in [2.45, 2.75) is 26.7 Å². The molecule has 1 aromatic carbocycles. The summed E-state index contributed by atoms with van der Waals surface area (Å²) in [5.74, 6) is -0.732. The van der Waals surface area contributed by atoms with E-state index in [0.717, 1.165) is 6.42 Å². The molecule has 1 amide bonds. The SMILES string of the molecule is CCCOC(=O)c1cccc(NC(=O)c2c(CC)nc3ccc(Cl)cn23)c1. The second-order valence-corrected chi connectivity index (χ2v) is 6.44. The van der Waals surface area contributed by atoms with Crippen molar-refractivity contribution in [2.24, 2.45) is 0 Å². The third-order valence-electron chi connectivity index (χ3n) is 4.00. The molecule has 2 heterocycles. The third-order valence-corrected chi connectivity index (χ3v) is 4.22. The number of esters is 1. The van der Waals surface area contributed by atoms with E-state index in [4.69, 9.17) is 16.3 Å². The van der Waals surface area contributed by atoms with Crippen LogP contribution in [0.25, 0.3) is 5.65 Å². The normalized spacial score (nSPS) is 10.8. The van der Waals surface area contributed by atoms with Gasteiger partial charge in [0.15, 0.2) is 0 Å². The Morgan fingerprint density at radius 3 is 2.78 bits per heavy atom. The van der Waals surface area contributed by atoms with E-state index in [0.29, 0.717) is 46.3 Å². The number of nitrogens with one attached hydrogen (secondary N) is 1. The second kappa shape index (κ2) is 8.22. The fraction of sp³-hybridized carbons (Fsp3) is 0.250. The van der Waals surface area contributed by atoms with Crippen molar-refractivity contribution in [3.05, 3.63) is 64.6 Å². The molecule has 0 fully saturated rings. The molecule has 0 saturated carbocycles. The first kappa shape index (κ1) is 18.9. The van der Waals surface area contributed by atoms with Gasteiger partial charge in [-0.15, -0.1) is 0 Å². The van der Waals surface area contributed by atoms with Gasteiger partial charge in [-0.1, -0.05) is 31.5 Å². The number of benzene rings is 1. The Labute approximate surface area is 162 Å². The number of halogens is 1. The molecule has 3 rings (SSSR count). The average Bonchev–Trinajstić information content (AvgIpc) is 3.04. The lowest BCUT2D eigenvalue weighted by atomic mass is 10.2. The second-order valence-electron chi connectivity index (χ2n) is 6.01. The maximum Gasteiger partial charge on any atom is 0.338 e. The maximum atomic E-state index is 12.9. The number of amides is 1. The van der Waals surface area contributed by atoms with Gasteiger partial charge in [0.25, 0.3) is 5.91 Å². The number of hydrogen-bond donors (Lipinski definition) is 1. The smallest absolute Gasteiger partial charge is 0.338 e. The Balaban J connectivity index is 1.89.